The van der Waals surface area contributed by atoms with Gasteiger partial charge in [0.1, 0.15) is 6.10 Å². The van der Waals surface area contributed by atoms with Gasteiger partial charge in [0.15, 0.2) is 15.7 Å². The first-order valence-electron chi connectivity index (χ1n) is 10.9. The molecule has 2 unspecified atom stereocenters. The van der Waals surface area contributed by atoms with Gasteiger partial charge in [0.25, 0.3) is 0 Å². The topological polar surface area (TPSA) is 129 Å². The number of hydrogen-bond acceptors (Lipinski definition) is 7. The predicted octanol–water partition coefficient (Wildman–Crippen LogP) is 3.64. The Labute approximate surface area is 199 Å². The van der Waals surface area contributed by atoms with Gasteiger partial charge in [0.05, 0.1) is 39.5 Å². The first-order chi connectivity index (χ1) is 15.4. The molecule has 33 heavy (non-hydrogen) atoms. The van der Waals surface area contributed by atoms with E-state index in [1.54, 1.807) is 12.1 Å². The number of nitrogens with zero attached hydrogens (tertiary/aromatic N) is 2. The smallest absolute Gasteiger partial charge is 0.233 e. The van der Waals surface area contributed by atoms with E-state index in [0.29, 0.717) is 17.9 Å². The highest BCUT2D eigenvalue weighted by molar-refractivity contribution is 7.90. The van der Waals surface area contributed by atoms with Crippen molar-refractivity contribution in [1.29, 1.82) is 0 Å². The van der Waals surface area contributed by atoms with Crippen molar-refractivity contribution in [3.8, 4) is 0 Å². The zero-order valence-corrected chi connectivity index (χ0v) is 20.5. The van der Waals surface area contributed by atoms with Gasteiger partial charge < -0.3 is 15.5 Å². The molecule has 3 N–H and O–H groups in total. The van der Waals surface area contributed by atoms with E-state index in [1.807, 2.05) is 0 Å². The summed E-state index contributed by atoms with van der Waals surface area (Å²) in [7, 11) is -3.48. The highest BCUT2D eigenvalue weighted by Crippen LogP contribution is 2.36. The van der Waals surface area contributed by atoms with Crippen LogP contribution in [-0.2, 0) is 14.6 Å². The van der Waals surface area contributed by atoms with Crippen LogP contribution in [0.1, 0.15) is 69.2 Å². The van der Waals surface area contributed by atoms with Crippen LogP contribution < -0.4 is 5.32 Å². The molecule has 1 amide bonds. The average molecular weight is 496 g/mol. The van der Waals surface area contributed by atoms with E-state index in [-0.39, 0.29) is 27.3 Å². The number of halogens is 1. The summed E-state index contributed by atoms with van der Waals surface area (Å²) < 4.78 is 23.8. The zero-order valence-electron chi connectivity index (χ0n) is 19.0. The largest absolute Gasteiger partial charge is 0.387 e. The number of amides is 1. The number of nitrogens with one attached hydrogen (secondary N) is 1. The minimum absolute atomic E-state index is 0.0276. The third-order valence-electron chi connectivity index (χ3n) is 5.99. The highest BCUT2D eigenvalue weighted by Gasteiger charge is 2.29. The maximum atomic E-state index is 13.2. The lowest BCUT2D eigenvalue weighted by atomic mass is 9.87. The third kappa shape index (κ3) is 6.50. The minimum atomic E-state index is -3.48. The Morgan fingerprint density at radius 3 is 2.42 bits per heavy atom. The third-order valence-corrected chi connectivity index (χ3v) is 7.57. The molecule has 0 aliphatic heterocycles. The molecule has 1 fully saturated rings. The molecule has 1 saturated carbocycles. The Kier molecular flexibility index (Phi) is 7.78. The van der Waals surface area contributed by atoms with Gasteiger partial charge in [-0.3, -0.25) is 9.78 Å². The lowest BCUT2D eigenvalue weighted by Gasteiger charge is -2.24. The monoisotopic (exact) mass is 495 g/mol. The van der Waals surface area contributed by atoms with Gasteiger partial charge in [-0.05, 0) is 43.9 Å². The van der Waals surface area contributed by atoms with Crippen LogP contribution in [0.15, 0.2) is 35.5 Å². The Bertz CT molecular complexity index is 1090. The molecule has 0 bridgehead atoms. The molecular weight excluding hydrogens is 466 g/mol. The molecule has 10 heteroatoms. The number of carbonyl (C=O) groups excluding carboxylic acids is 1. The van der Waals surface area contributed by atoms with E-state index in [2.05, 4.69) is 15.3 Å². The molecule has 1 aliphatic carbocycles. The summed E-state index contributed by atoms with van der Waals surface area (Å²) in [4.78, 5) is 21.5. The minimum Gasteiger partial charge on any atom is -0.387 e. The average Bonchev–Trinajstić information content (AvgIpc) is 3.23. The molecule has 8 nitrogen and oxygen atoms in total. The normalized spacial score (nSPS) is 17.0. The Hall–Kier alpha value is -2.07. The van der Waals surface area contributed by atoms with Gasteiger partial charge in [-0.1, -0.05) is 43.4 Å². The van der Waals surface area contributed by atoms with Crippen LogP contribution in [-0.4, -0.2) is 46.4 Å². The van der Waals surface area contributed by atoms with E-state index < -0.39 is 27.5 Å². The number of sulfone groups is 1. The Morgan fingerprint density at radius 1 is 1.24 bits per heavy atom. The molecule has 3 rings (SSSR count). The lowest BCUT2D eigenvalue weighted by Crippen LogP contribution is -2.29. The fourth-order valence-electron chi connectivity index (χ4n) is 4.13. The van der Waals surface area contributed by atoms with Gasteiger partial charge in [-0.15, -0.1) is 0 Å². The van der Waals surface area contributed by atoms with Crippen molar-refractivity contribution >= 4 is 33.2 Å². The van der Waals surface area contributed by atoms with Gasteiger partial charge in [0.2, 0.25) is 5.91 Å². The van der Waals surface area contributed by atoms with Crippen LogP contribution >= 0.6 is 11.6 Å². The molecule has 2 aromatic rings. The van der Waals surface area contributed by atoms with Crippen LogP contribution in [0.25, 0.3) is 0 Å². The van der Waals surface area contributed by atoms with Crippen LogP contribution in [0.2, 0.25) is 5.02 Å². The molecule has 1 heterocycles. The second-order valence-electron chi connectivity index (χ2n) is 9.27. The summed E-state index contributed by atoms with van der Waals surface area (Å²) in [5.41, 5.74) is -0.562. The number of aliphatic hydroxyl groups excluding tert-OH is 1. The van der Waals surface area contributed by atoms with Gasteiger partial charge in [-0.25, -0.2) is 13.4 Å². The lowest BCUT2D eigenvalue weighted by molar-refractivity contribution is -0.118. The van der Waals surface area contributed by atoms with E-state index in [0.717, 1.165) is 31.9 Å². The van der Waals surface area contributed by atoms with E-state index >= 15 is 0 Å². The number of benzene rings is 1. The summed E-state index contributed by atoms with van der Waals surface area (Å²) in [6.45, 7) is 2.92. The molecule has 1 aromatic heterocycles. The first-order valence-corrected chi connectivity index (χ1v) is 13.2. The summed E-state index contributed by atoms with van der Waals surface area (Å²) in [6, 6.07) is 4.62. The highest BCUT2D eigenvalue weighted by atomic mass is 35.5. The molecule has 0 radical (unpaired) electrons. The molecule has 1 aromatic carbocycles. The Balaban J connectivity index is 1.84. The first kappa shape index (κ1) is 25.6. The van der Waals surface area contributed by atoms with Crippen LogP contribution in [0.3, 0.4) is 0 Å². The van der Waals surface area contributed by atoms with Crippen LogP contribution in [0, 0.1) is 5.92 Å². The molecular formula is C23H30ClN3O5S. The van der Waals surface area contributed by atoms with Crippen molar-refractivity contribution in [1.82, 2.24) is 9.97 Å². The molecule has 2 atom stereocenters. The number of aromatic nitrogens is 2. The zero-order chi connectivity index (χ0) is 24.4. The number of anilines is 1. The van der Waals surface area contributed by atoms with Gasteiger partial charge in [0, 0.05) is 6.26 Å². The quantitative estimate of drug-likeness (QED) is 0.509. The maximum Gasteiger partial charge on any atom is 0.233 e. The fraction of sp³-hybridized carbons (Fsp3) is 0.522. The van der Waals surface area contributed by atoms with Crippen LogP contribution in [0.5, 0.6) is 0 Å². The summed E-state index contributed by atoms with van der Waals surface area (Å²) in [5, 5.41) is 22.9. The summed E-state index contributed by atoms with van der Waals surface area (Å²) in [6.07, 6.45) is 7.46. The van der Waals surface area contributed by atoms with Gasteiger partial charge >= 0.3 is 0 Å². The number of carbonyl (C=O) groups is 1. The molecule has 1 aliphatic rings. The number of hydrogen-bond donors (Lipinski definition) is 3. The van der Waals surface area contributed by atoms with E-state index in [1.165, 1.54) is 32.3 Å². The van der Waals surface area contributed by atoms with Crippen LogP contribution in [0.4, 0.5) is 5.82 Å². The number of aliphatic hydroxyl groups is 2. The summed E-state index contributed by atoms with van der Waals surface area (Å²) >= 11 is 6.25. The SMILES string of the molecule is CC(C)(O)C(O)c1cnc(NC(=O)C(CC2CCCC2)c2ccc(S(C)(=O)=O)c(Cl)c2)cn1. The van der Waals surface area contributed by atoms with Crippen molar-refractivity contribution in [3.05, 3.63) is 46.9 Å². The summed E-state index contributed by atoms with van der Waals surface area (Å²) in [5.74, 6) is -0.232. The predicted molar refractivity (Wildman–Crippen MR) is 126 cm³/mol. The standard InChI is InChI=1S/C23H30ClN3O5S/c1-23(2,30)21(28)18-12-26-20(13-25-18)27-22(29)16(10-14-6-4-5-7-14)15-8-9-19(17(24)11-15)33(3,31)32/h8-9,11-14,16,21,28,30H,4-7,10H2,1-3H3,(H,26,27,29). The van der Waals surface area contributed by atoms with Crippen molar-refractivity contribution in [2.45, 2.75) is 68.5 Å². The van der Waals surface area contributed by atoms with Crippen molar-refractivity contribution in [2.75, 3.05) is 11.6 Å². The Morgan fingerprint density at radius 2 is 1.91 bits per heavy atom. The molecule has 0 saturated heterocycles. The second kappa shape index (κ2) is 10.0. The maximum absolute atomic E-state index is 13.2. The number of rotatable bonds is 8. The molecule has 180 valence electrons. The second-order valence-corrected chi connectivity index (χ2v) is 11.7. The van der Waals surface area contributed by atoms with Crippen molar-refractivity contribution in [2.24, 2.45) is 5.92 Å². The van der Waals surface area contributed by atoms with E-state index in [9.17, 15) is 23.4 Å². The van der Waals surface area contributed by atoms with Crippen molar-refractivity contribution in [3.63, 3.8) is 0 Å². The van der Waals surface area contributed by atoms with Crippen molar-refractivity contribution < 1.29 is 23.4 Å². The van der Waals surface area contributed by atoms with Gasteiger partial charge in [-0.2, -0.15) is 0 Å². The molecule has 0 spiro atoms. The van der Waals surface area contributed by atoms with E-state index in [4.69, 9.17) is 11.6 Å². The fourth-order valence-corrected chi connectivity index (χ4v) is 5.47.